The number of hydrogen-bond acceptors (Lipinski definition) is 5. The van der Waals surface area contributed by atoms with Gasteiger partial charge in [-0.2, -0.15) is 0 Å². The van der Waals surface area contributed by atoms with Gasteiger partial charge in [0.25, 0.3) is 0 Å². The summed E-state index contributed by atoms with van der Waals surface area (Å²) in [5.41, 5.74) is 1.83. The molecule has 0 radical (unpaired) electrons. The van der Waals surface area contributed by atoms with Crippen LogP contribution in [0.25, 0.3) is 6.08 Å². The third kappa shape index (κ3) is 3.44. The highest BCUT2D eigenvalue weighted by molar-refractivity contribution is 6.29. The summed E-state index contributed by atoms with van der Waals surface area (Å²) in [5.74, 6) is 0.648. The van der Waals surface area contributed by atoms with Crippen LogP contribution in [0.2, 0.25) is 0 Å². The molecule has 0 saturated heterocycles. The average Bonchev–Trinajstić information content (AvgIpc) is 2.91. The molecule has 3 rings (SSSR count). The first kappa shape index (κ1) is 18.0. The van der Waals surface area contributed by atoms with Gasteiger partial charge >= 0.3 is 5.97 Å². The van der Waals surface area contributed by atoms with Gasteiger partial charge in [-0.25, -0.2) is 0 Å². The standard InChI is InChI=1S/C20H17ClO5/c1-11-8-14(25-20(23)12(2)21)10-16-18(11)19(22)17(26-16)9-13-6-4-5-7-15(13)24-3/h4-10,12H,1-3H3/b17-9-. The molecule has 0 amide bonds. The predicted molar refractivity (Wildman–Crippen MR) is 98.1 cm³/mol. The molecule has 0 N–H and O–H groups in total. The summed E-state index contributed by atoms with van der Waals surface area (Å²) in [6, 6.07) is 10.4. The minimum absolute atomic E-state index is 0.182. The fourth-order valence-electron chi connectivity index (χ4n) is 2.66. The molecule has 26 heavy (non-hydrogen) atoms. The van der Waals surface area contributed by atoms with E-state index in [1.807, 2.05) is 18.2 Å². The quantitative estimate of drug-likeness (QED) is 0.349. The number of allylic oxidation sites excluding steroid dienone is 1. The van der Waals surface area contributed by atoms with Crippen molar-refractivity contribution in [2.75, 3.05) is 7.11 Å². The minimum atomic E-state index is -0.771. The lowest BCUT2D eigenvalue weighted by Crippen LogP contribution is -2.17. The van der Waals surface area contributed by atoms with E-state index in [0.29, 0.717) is 22.6 Å². The second-order valence-electron chi connectivity index (χ2n) is 5.83. The number of carbonyl (C=O) groups is 2. The first-order valence-corrected chi connectivity index (χ1v) is 8.42. The summed E-state index contributed by atoms with van der Waals surface area (Å²) >= 11 is 5.72. The molecular formula is C20H17ClO5. The molecule has 1 atom stereocenters. The Balaban J connectivity index is 1.95. The van der Waals surface area contributed by atoms with Crippen LogP contribution >= 0.6 is 11.6 Å². The summed E-state index contributed by atoms with van der Waals surface area (Å²) in [6.45, 7) is 3.28. The van der Waals surface area contributed by atoms with Crippen molar-refractivity contribution in [2.45, 2.75) is 19.2 Å². The number of alkyl halides is 1. The number of fused-ring (bicyclic) bond motifs is 1. The maximum absolute atomic E-state index is 12.7. The normalized spacial score (nSPS) is 15.4. The van der Waals surface area contributed by atoms with Crippen molar-refractivity contribution in [3.05, 3.63) is 58.8 Å². The molecule has 2 aromatic carbocycles. The Bertz CT molecular complexity index is 914. The lowest BCUT2D eigenvalue weighted by atomic mass is 10.0. The molecule has 0 spiro atoms. The van der Waals surface area contributed by atoms with Crippen LogP contribution in [-0.2, 0) is 4.79 Å². The maximum Gasteiger partial charge on any atom is 0.329 e. The predicted octanol–water partition coefficient (Wildman–Crippen LogP) is 4.15. The first-order chi connectivity index (χ1) is 12.4. The van der Waals surface area contributed by atoms with Crippen LogP contribution in [0, 0.1) is 6.92 Å². The number of benzene rings is 2. The van der Waals surface area contributed by atoms with Crippen molar-refractivity contribution in [3.8, 4) is 17.2 Å². The summed E-state index contributed by atoms with van der Waals surface area (Å²) < 4.78 is 16.2. The molecule has 0 fully saturated rings. The Morgan fingerprint density at radius 2 is 2.00 bits per heavy atom. The van der Waals surface area contributed by atoms with E-state index >= 15 is 0 Å². The lowest BCUT2D eigenvalue weighted by molar-refractivity contribution is -0.133. The number of hydrogen-bond donors (Lipinski definition) is 0. The second kappa shape index (κ2) is 7.22. The second-order valence-corrected chi connectivity index (χ2v) is 6.49. The van der Waals surface area contributed by atoms with Gasteiger partial charge in [-0.1, -0.05) is 18.2 Å². The van der Waals surface area contributed by atoms with Crippen molar-refractivity contribution in [1.29, 1.82) is 0 Å². The highest BCUT2D eigenvalue weighted by atomic mass is 35.5. The fraction of sp³-hybridized carbons (Fsp3) is 0.200. The molecule has 0 aromatic heterocycles. The molecule has 6 heteroatoms. The van der Waals surface area contributed by atoms with E-state index in [9.17, 15) is 9.59 Å². The zero-order valence-electron chi connectivity index (χ0n) is 14.5. The van der Waals surface area contributed by atoms with Gasteiger partial charge in [0.2, 0.25) is 5.78 Å². The van der Waals surface area contributed by atoms with E-state index in [2.05, 4.69) is 0 Å². The van der Waals surface area contributed by atoms with Gasteiger partial charge in [-0.05, 0) is 37.6 Å². The van der Waals surface area contributed by atoms with Gasteiger partial charge in [-0.3, -0.25) is 9.59 Å². The molecule has 1 heterocycles. The topological polar surface area (TPSA) is 61.8 Å². The number of methoxy groups -OCH3 is 1. The van der Waals surface area contributed by atoms with Gasteiger partial charge in [0.05, 0.1) is 12.7 Å². The molecule has 2 aromatic rings. The number of aryl methyl sites for hydroxylation is 1. The molecule has 0 aliphatic carbocycles. The highest BCUT2D eigenvalue weighted by Crippen LogP contribution is 2.38. The Morgan fingerprint density at radius 1 is 1.27 bits per heavy atom. The van der Waals surface area contributed by atoms with Crippen LogP contribution in [0.4, 0.5) is 0 Å². The summed E-state index contributed by atoms with van der Waals surface area (Å²) in [6.07, 6.45) is 1.63. The zero-order valence-corrected chi connectivity index (χ0v) is 15.3. The lowest BCUT2D eigenvalue weighted by Gasteiger charge is -2.08. The van der Waals surface area contributed by atoms with Crippen molar-refractivity contribution in [2.24, 2.45) is 0 Å². The fourth-order valence-corrected chi connectivity index (χ4v) is 2.71. The molecule has 0 bridgehead atoms. The number of esters is 1. The molecule has 1 unspecified atom stereocenters. The SMILES string of the molecule is COc1ccccc1/C=C1\Oc2cc(OC(=O)C(C)Cl)cc(C)c2C1=O. The molecular weight excluding hydrogens is 356 g/mol. The van der Waals surface area contributed by atoms with E-state index in [1.54, 1.807) is 32.2 Å². The third-order valence-corrected chi connectivity index (χ3v) is 4.09. The Hall–Kier alpha value is -2.79. The first-order valence-electron chi connectivity index (χ1n) is 7.98. The van der Waals surface area contributed by atoms with Gasteiger partial charge in [0.15, 0.2) is 5.76 Å². The average molecular weight is 373 g/mol. The molecule has 1 aliphatic heterocycles. The van der Waals surface area contributed by atoms with Gasteiger partial charge in [0, 0.05) is 11.6 Å². The van der Waals surface area contributed by atoms with Crippen LogP contribution in [0.3, 0.4) is 0 Å². The monoisotopic (exact) mass is 372 g/mol. The maximum atomic E-state index is 12.7. The van der Waals surface area contributed by atoms with E-state index in [4.69, 9.17) is 25.8 Å². The van der Waals surface area contributed by atoms with Crippen molar-refractivity contribution >= 4 is 29.4 Å². The van der Waals surface area contributed by atoms with Crippen LogP contribution in [0.5, 0.6) is 17.2 Å². The molecule has 0 saturated carbocycles. The highest BCUT2D eigenvalue weighted by Gasteiger charge is 2.30. The van der Waals surface area contributed by atoms with Crippen LogP contribution in [0.1, 0.15) is 28.4 Å². The number of ether oxygens (including phenoxy) is 3. The number of para-hydroxylation sites is 1. The van der Waals surface area contributed by atoms with Crippen molar-refractivity contribution in [3.63, 3.8) is 0 Å². The van der Waals surface area contributed by atoms with Crippen LogP contribution in [-0.4, -0.2) is 24.2 Å². The van der Waals surface area contributed by atoms with E-state index in [-0.39, 0.29) is 17.3 Å². The Morgan fingerprint density at radius 3 is 2.69 bits per heavy atom. The zero-order chi connectivity index (χ0) is 18.8. The molecule has 134 valence electrons. The summed E-state index contributed by atoms with van der Waals surface area (Å²) in [7, 11) is 1.56. The van der Waals surface area contributed by atoms with E-state index < -0.39 is 11.3 Å². The molecule has 1 aliphatic rings. The number of Topliss-reactive ketones (excluding diaryl/α,β-unsaturated/α-hetero) is 1. The van der Waals surface area contributed by atoms with Gasteiger partial charge in [-0.15, -0.1) is 11.6 Å². The summed E-state index contributed by atoms with van der Waals surface area (Å²) in [4.78, 5) is 24.4. The smallest absolute Gasteiger partial charge is 0.329 e. The minimum Gasteiger partial charge on any atom is -0.496 e. The Kier molecular flexibility index (Phi) is 5.00. The number of ketones is 1. The number of halogens is 1. The number of rotatable bonds is 4. The third-order valence-electron chi connectivity index (χ3n) is 3.91. The van der Waals surface area contributed by atoms with Crippen LogP contribution in [0.15, 0.2) is 42.2 Å². The summed E-state index contributed by atoms with van der Waals surface area (Å²) in [5, 5.41) is -0.771. The van der Waals surface area contributed by atoms with Gasteiger partial charge in [0.1, 0.15) is 22.6 Å². The van der Waals surface area contributed by atoms with E-state index in [0.717, 1.165) is 5.56 Å². The largest absolute Gasteiger partial charge is 0.496 e. The van der Waals surface area contributed by atoms with Crippen LogP contribution < -0.4 is 14.2 Å². The van der Waals surface area contributed by atoms with Crippen molar-refractivity contribution in [1.82, 2.24) is 0 Å². The van der Waals surface area contributed by atoms with Gasteiger partial charge < -0.3 is 14.2 Å². The number of carbonyl (C=O) groups excluding carboxylic acids is 2. The molecule has 5 nitrogen and oxygen atoms in total. The van der Waals surface area contributed by atoms with Crippen molar-refractivity contribution < 1.29 is 23.8 Å². The van der Waals surface area contributed by atoms with E-state index in [1.165, 1.54) is 13.0 Å². The Labute approximate surface area is 156 Å².